The highest BCUT2D eigenvalue weighted by Gasteiger charge is 2.24. The molecule has 0 saturated heterocycles. The van der Waals surface area contributed by atoms with Gasteiger partial charge in [0.25, 0.3) is 0 Å². The summed E-state index contributed by atoms with van der Waals surface area (Å²) in [6.45, 7) is 3.86. The molecule has 1 heterocycles. The molecule has 0 aliphatic heterocycles. The van der Waals surface area contributed by atoms with Gasteiger partial charge in [0.1, 0.15) is 10.8 Å². The minimum atomic E-state index is -1.19. The zero-order chi connectivity index (χ0) is 14.2. The molecule has 4 nitrogen and oxygen atoms in total. The van der Waals surface area contributed by atoms with Crippen molar-refractivity contribution in [2.75, 3.05) is 0 Å². The van der Waals surface area contributed by atoms with Crippen molar-refractivity contribution >= 4 is 17.0 Å². The Kier molecular flexibility index (Phi) is 3.57. The summed E-state index contributed by atoms with van der Waals surface area (Å²) in [5.41, 5.74) is -1.19. The Morgan fingerprint density at radius 2 is 2.05 bits per heavy atom. The third-order valence-corrected chi connectivity index (χ3v) is 3.89. The van der Waals surface area contributed by atoms with Crippen molar-refractivity contribution in [3.05, 3.63) is 45.0 Å². The van der Waals surface area contributed by atoms with E-state index < -0.39 is 27.8 Å². The van der Waals surface area contributed by atoms with Crippen LogP contribution in [0.25, 0.3) is 10.6 Å². The highest BCUT2D eigenvalue weighted by atomic mass is 32.1. The average Bonchev–Trinajstić information content (AvgIpc) is 2.78. The summed E-state index contributed by atoms with van der Waals surface area (Å²) in [6.07, 6.45) is 1.53. The minimum absolute atomic E-state index is 0.113. The van der Waals surface area contributed by atoms with Crippen LogP contribution in [0.4, 0.5) is 14.5 Å². The SMILES string of the molecule is CC(C)c1cnc(-c2c(F)ccc([N+](=O)[O-])c2F)s1. The molecule has 0 spiro atoms. The molecule has 0 amide bonds. The summed E-state index contributed by atoms with van der Waals surface area (Å²) < 4.78 is 27.7. The molecule has 0 aliphatic rings. The van der Waals surface area contributed by atoms with Crippen molar-refractivity contribution in [3.8, 4) is 10.6 Å². The van der Waals surface area contributed by atoms with Gasteiger partial charge in [-0.05, 0) is 12.0 Å². The number of aromatic nitrogens is 1. The lowest BCUT2D eigenvalue weighted by Crippen LogP contribution is -1.97. The standard InChI is InChI=1S/C12H10F2N2O2S/c1-6(2)9-5-15-12(19-9)10-7(13)3-4-8(11(10)14)16(17)18/h3-6H,1-2H3. The highest BCUT2D eigenvalue weighted by Crippen LogP contribution is 2.35. The number of nitrogens with zero attached hydrogens (tertiary/aromatic N) is 2. The second kappa shape index (κ2) is 5.00. The Morgan fingerprint density at radius 1 is 1.37 bits per heavy atom. The van der Waals surface area contributed by atoms with Gasteiger partial charge in [-0.15, -0.1) is 11.3 Å². The van der Waals surface area contributed by atoms with E-state index >= 15 is 0 Å². The van der Waals surface area contributed by atoms with Gasteiger partial charge in [-0.3, -0.25) is 10.1 Å². The Morgan fingerprint density at radius 3 is 2.58 bits per heavy atom. The molecule has 0 radical (unpaired) electrons. The predicted molar refractivity (Wildman–Crippen MR) is 68.2 cm³/mol. The Balaban J connectivity index is 2.60. The molecule has 0 unspecified atom stereocenters. The molecule has 2 rings (SSSR count). The minimum Gasteiger partial charge on any atom is -0.258 e. The van der Waals surface area contributed by atoms with Crippen LogP contribution in [0.15, 0.2) is 18.3 Å². The van der Waals surface area contributed by atoms with E-state index in [9.17, 15) is 18.9 Å². The summed E-state index contributed by atoms with van der Waals surface area (Å²) >= 11 is 1.13. The molecular formula is C12H10F2N2O2S. The molecule has 2 aromatic rings. The summed E-state index contributed by atoms with van der Waals surface area (Å²) in [6, 6.07) is 1.69. The van der Waals surface area contributed by atoms with E-state index in [1.807, 2.05) is 13.8 Å². The number of benzene rings is 1. The van der Waals surface area contributed by atoms with Crippen molar-refractivity contribution in [3.63, 3.8) is 0 Å². The van der Waals surface area contributed by atoms with Crippen LogP contribution in [0.5, 0.6) is 0 Å². The predicted octanol–water partition coefficient (Wildman–Crippen LogP) is 4.12. The second-order valence-electron chi connectivity index (χ2n) is 4.24. The smallest absolute Gasteiger partial charge is 0.258 e. The molecule has 0 saturated carbocycles. The molecule has 0 atom stereocenters. The molecule has 7 heteroatoms. The maximum Gasteiger partial charge on any atom is 0.305 e. The molecule has 1 aromatic heterocycles. The molecule has 1 aromatic carbocycles. The van der Waals surface area contributed by atoms with E-state index in [1.165, 1.54) is 6.20 Å². The fourth-order valence-electron chi connectivity index (χ4n) is 1.55. The number of nitro benzene ring substituents is 1. The van der Waals surface area contributed by atoms with Gasteiger partial charge in [-0.2, -0.15) is 4.39 Å². The van der Waals surface area contributed by atoms with Crippen LogP contribution in [0, 0.1) is 21.7 Å². The van der Waals surface area contributed by atoms with E-state index in [0.717, 1.165) is 28.3 Å². The normalized spacial score (nSPS) is 11.0. The first-order chi connectivity index (χ1) is 8.91. The summed E-state index contributed by atoms with van der Waals surface area (Å²) in [5, 5.41) is 10.8. The third-order valence-electron chi connectivity index (χ3n) is 2.57. The van der Waals surface area contributed by atoms with Crippen molar-refractivity contribution < 1.29 is 13.7 Å². The number of hydrogen-bond acceptors (Lipinski definition) is 4. The number of nitro groups is 1. The van der Waals surface area contributed by atoms with E-state index in [0.29, 0.717) is 0 Å². The van der Waals surface area contributed by atoms with Crippen LogP contribution >= 0.6 is 11.3 Å². The number of halogens is 2. The molecule has 0 fully saturated rings. The highest BCUT2D eigenvalue weighted by molar-refractivity contribution is 7.15. The number of thiazole rings is 1. The largest absolute Gasteiger partial charge is 0.305 e. The van der Waals surface area contributed by atoms with Gasteiger partial charge in [0.15, 0.2) is 0 Å². The maximum atomic E-state index is 14.0. The van der Waals surface area contributed by atoms with Gasteiger partial charge >= 0.3 is 5.69 Å². The molecule has 0 N–H and O–H groups in total. The van der Waals surface area contributed by atoms with Crippen LogP contribution in [-0.2, 0) is 0 Å². The topological polar surface area (TPSA) is 56.0 Å². The zero-order valence-corrected chi connectivity index (χ0v) is 11.0. The van der Waals surface area contributed by atoms with Crippen molar-refractivity contribution in [2.45, 2.75) is 19.8 Å². The lowest BCUT2D eigenvalue weighted by molar-refractivity contribution is -0.387. The second-order valence-corrected chi connectivity index (χ2v) is 5.30. The summed E-state index contributed by atoms with van der Waals surface area (Å²) in [7, 11) is 0. The van der Waals surface area contributed by atoms with Gasteiger partial charge < -0.3 is 0 Å². The maximum absolute atomic E-state index is 14.0. The monoisotopic (exact) mass is 284 g/mol. The van der Waals surface area contributed by atoms with Crippen LogP contribution in [-0.4, -0.2) is 9.91 Å². The van der Waals surface area contributed by atoms with Gasteiger partial charge in [-0.25, -0.2) is 9.37 Å². The zero-order valence-electron chi connectivity index (χ0n) is 10.2. The lowest BCUT2D eigenvalue weighted by atomic mass is 10.2. The first kappa shape index (κ1) is 13.5. The van der Waals surface area contributed by atoms with Gasteiger partial charge in [0.05, 0.1) is 10.5 Å². The van der Waals surface area contributed by atoms with Crippen LogP contribution < -0.4 is 0 Å². The van der Waals surface area contributed by atoms with E-state index in [-0.39, 0.29) is 10.9 Å². The molecule has 100 valence electrons. The third kappa shape index (κ3) is 2.46. The Labute approximate surface area is 111 Å². The molecule has 0 bridgehead atoms. The van der Waals surface area contributed by atoms with E-state index in [2.05, 4.69) is 4.98 Å². The molecule has 19 heavy (non-hydrogen) atoms. The van der Waals surface area contributed by atoms with Crippen LogP contribution in [0.1, 0.15) is 24.6 Å². The Bertz CT molecular complexity index is 641. The van der Waals surface area contributed by atoms with Gasteiger partial charge in [0.2, 0.25) is 5.82 Å². The summed E-state index contributed by atoms with van der Waals surface area (Å²) in [5.74, 6) is -1.86. The van der Waals surface area contributed by atoms with Crippen LogP contribution in [0.3, 0.4) is 0 Å². The Hall–Kier alpha value is -1.89. The average molecular weight is 284 g/mol. The quantitative estimate of drug-likeness (QED) is 0.629. The molecule has 0 aliphatic carbocycles. The molecular weight excluding hydrogens is 274 g/mol. The number of hydrogen-bond donors (Lipinski definition) is 0. The van der Waals surface area contributed by atoms with Crippen molar-refractivity contribution in [2.24, 2.45) is 0 Å². The fraction of sp³-hybridized carbons (Fsp3) is 0.250. The first-order valence-electron chi connectivity index (χ1n) is 5.50. The number of rotatable bonds is 3. The summed E-state index contributed by atoms with van der Waals surface area (Å²) in [4.78, 5) is 14.6. The fourth-order valence-corrected chi connectivity index (χ4v) is 2.51. The van der Waals surface area contributed by atoms with Crippen molar-refractivity contribution in [1.82, 2.24) is 4.98 Å². The van der Waals surface area contributed by atoms with Gasteiger partial charge in [0, 0.05) is 17.1 Å². The van der Waals surface area contributed by atoms with Crippen LogP contribution in [0.2, 0.25) is 0 Å². The van der Waals surface area contributed by atoms with Gasteiger partial charge in [-0.1, -0.05) is 13.8 Å². The first-order valence-corrected chi connectivity index (χ1v) is 6.32. The van der Waals surface area contributed by atoms with E-state index in [1.54, 1.807) is 0 Å². The van der Waals surface area contributed by atoms with Crippen molar-refractivity contribution in [1.29, 1.82) is 0 Å². The van der Waals surface area contributed by atoms with E-state index in [4.69, 9.17) is 0 Å². The lowest BCUT2D eigenvalue weighted by Gasteiger charge is -2.02.